The first kappa shape index (κ1) is 16.5. The largest absolute Gasteiger partial charge is 0.465 e. The van der Waals surface area contributed by atoms with Crippen LogP contribution < -0.4 is 0 Å². The zero-order valence-electron chi connectivity index (χ0n) is 14.2. The number of esters is 2. The summed E-state index contributed by atoms with van der Waals surface area (Å²) in [4.78, 5) is 24.3. The quantitative estimate of drug-likeness (QED) is 0.575. The topological polar surface area (TPSA) is 52.6 Å². The van der Waals surface area contributed by atoms with Crippen LogP contribution in [0.25, 0.3) is 0 Å². The van der Waals surface area contributed by atoms with E-state index in [1.165, 1.54) is 32.1 Å². The Morgan fingerprint density at radius 3 is 2.67 bits per heavy atom. The van der Waals surface area contributed by atoms with Crippen molar-refractivity contribution in [2.45, 2.75) is 62.1 Å². The first-order valence-corrected chi connectivity index (χ1v) is 10.2. The van der Waals surface area contributed by atoms with E-state index in [0.29, 0.717) is 34.5 Å². The molecule has 0 aromatic heterocycles. The zero-order valence-corrected chi connectivity index (χ0v) is 15.1. The summed E-state index contributed by atoms with van der Waals surface area (Å²) in [5, 5.41) is 0.989. The smallest absolute Gasteiger partial charge is 0.333 e. The van der Waals surface area contributed by atoms with Gasteiger partial charge in [-0.1, -0.05) is 25.8 Å². The summed E-state index contributed by atoms with van der Waals surface area (Å²) in [7, 11) is 0. The number of hydrogen-bond donors (Lipinski definition) is 0. The number of fused-ring (bicyclic) bond motifs is 5. The lowest BCUT2D eigenvalue weighted by atomic mass is 9.79. The minimum absolute atomic E-state index is 0.0545. The van der Waals surface area contributed by atoms with E-state index in [9.17, 15) is 9.59 Å². The van der Waals surface area contributed by atoms with Crippen LogP contribution in [0.3, 0.4) is 0 Å². The first-order valence-electron chi connectivity index (χ1n) is 9.25. The highest BCUT2D eigenvalue weighted by atomic mass is 32.2. The van der Waals surface area contributed by atoms with E-state index in [1.54, 1.807) is 6.92 Å². The SMILES string of the molecule is C=C(C)C(=O)OC1C2CC(C3COC(=O)C32)C1SC1CCCCC1. The summed E-state index contributed by atoms with van der Waals surface area (Å²) in [5.74, 6) is 0.472. The highest BCUT2D eigenvalue weighted by molar-refractivity contribution is 8.00. The number of ether oxygens (including phenoxy) is 2. The molecule has 6 unspecified atom stereocenters. The summed E-state index contributed by atoms with van der Waals surface area (Å²) < 4.78 is 11.2. The van der Waals surface area contributed by atoms with Gasteiger partial charge < -0.3 is 9.47 Å². The van der Waals surface area contributed by atoms with Crippen molar-refractivity contribution in [3.05, 3.63) is 12.2 Å². The predicted octanol–water partition coefficient (Wildman–Crippen LogP) is 3.35. The molecule has 3 saturated carbocycles. The standard InChI is InChI=1S/C19H26O4S/c1-10(2)18(20)23-16-13-8-12(14-9-22-19(21)15(13)14)17(16)24-11-6-4-3-5-7-11/h11-17H,1,3-9H2,2H3. The molecule has 24 heavy (non-hydrogen) atoms. The van der Waals surface area contributed by atoms with Crippen molar-refractivity contribution in [2.75, 3.05) is 6.61 Å². The molecule has 1 saturated heterocycles. The van der Waals surface area contributed by atoms with Gasteiger partial charge in [0.2, 0.25) is 0 Å². The molecular weight excluding hydrogens is 324 g/mol. The predicted molar refractivity (Wildman–Crippen MR) is 92.5 cm³/mol. The summed E-state index contributed by atoms with van der Waals surface area (Å²) >= 11 is 2.03. The molecule has 0 aromatic carbocycles. The Bertz CT molecular complexity index is 554. The van der Waals surface area contributed by atoms with Gasteiger partial charge in [-0.15, -0.1) is 0 Å². The van der Waals surface area contributed by atoms with Crippen molar-refractivity contribution in [1.29, 1.82) is 0 Å². The number of thioether (sulfide) groups is 1. The van der Waals surface area contributed by atoms with Crippen LogP contribution in [0.15, 0.2) is 12.2 Å². The average molecular weight is 350 g/mol. The summed E-state index contributed by atoms with van der Waals surface area (Å²) in [6.45, 7) is 5.96. The Labute approximate surface area is 147 Å². The fourth-order valence-corrected chi connectivity index (χ4v) is 7.23. The summed E-state index contributed by atoms with van der Waals surface area (Å²) in [5.41, 5.74) is 0.435. The third-order valence-corrected chi connectivity index (χ3v) is 8.16. The molecule has 0 radical (unpaired) electrons. The van der Waals surface area contributed by atoms with Gasteiger partial charge in [0.05, 0.1) is 12.5 Å². The van der Waals surface area contributed by atoms with Crippen molar-refractivity contribution >= 4 is 23.7 Å². The Hall–Kier alpha value is -0.970. The van der Waals surface area contributed by atoms with Gasteiger partial charge in [-0.3, -0.25) is 4.79 Å². The molecule has 5 heteroatoms. The van der Waals surface area contributed by atoms with E-state index in [4.69, 9.17) is 9.47 Å². The molecule has 1 heterocycles. The average Bonchev–Trinajstić information content (AvgIpc) is 3.22. The van der Waals surface area contributed by atoms with Crippen molar-refractivity contribution in [3.8, 4) is 0 Å². The molecule has 2 bridgehead atoms. The van der Waals surface area contributed by atoms with Gasteiger partial charge in [0, 0.05) is 27.9 Å². The molecule has 4 nitrogen and oxygen atoms in total. The van der Waals surface area contributed by atoms with Crippen LogP contribution in [-0.4, -0.2) is 35.1 Å². The number of carbonyl (C=O) groups is 2. The van der Waals surface area contributed by atoms with Crippen molar-refractivity contribution < 1.29 is 19.1 Å². The van der Waals surface area contributed by atoms with Crippen LogP contribution in [0.5, 0.6) is 0 Å². The van der Waals surface area contributed by atoms with Crippen LogP contribution in [0.1, 0.15) is 45.4 Å². The van der Waals surface area contributed by atoms with Crippen molar-refractivity contribution in [1.82, 2.24) is 0 Å². The molecule has 4 fully saturated rings. The molecule has 1 aliphatic heterocycles. The zero-order chi connectivity index (χ0) is 16.8. The highest BCUT2D eigenvalue weighted by Gasteiger charge is 2.64. The summed E-state index contributed by atoms with van der Waals surface area (Å²) in [6, 6.07) is 0. The molecule has 0 spiro atoms. The minimum atomic E-state index is -0.315. The number of carbonyl (C=O) groups excluding carboxylic acids is 2. The first-order chi connectivity index (χ1) is 11.6. The van der Waals surface area contributed by atoms with Crippen LogP contribution in [0, 0.1) is 23.7 Å². The molecule has 0 aromatic rings. The lowest BCUT2D eigenvalue weighted by molar-refractivity contribution is -0.152. The second kappa shape index (κ2) is 6.40. The maximum Gasteiger partial charge on any atom is 0.333 e. The van der Waals surface area contributed by atoms with E-state index in [0.717, 1.165) is 6.42 Å². The van der Waals surface area contributed by atoms with Gasteiger partial charge in [0.15, 0.2) is 0 Å². The molecule has 132 valence electrons. The lowest BCUT2D eigenvalue weighted by Crippen LogP contribution is -2.44. The Kier molecular flexibility index (Phi) is 4.40. The van der Waals surface area contributed by atoms with Gasteiger partial charge in [-0.25, -0.2) is 4.79 Å². The maximum atomic E-state index is 12.1. The number of rotatable bonds is 4. The maximum absolute atomic E-state index is 12.1. The van der Waals surface area contributed by atoms with E-state index >= 15 is 0 Å². The third kappa shape index (κ3) is 2.69. The van der Waals surface area contributed by atoms with E-state index in [-0.39, 0.29) is 29.9 Å². The van der Waals surface area contributed by atoms with Crippen molar-refractivity contribution in [2.24, 2.45) is 23.7 Å². The molecule has 4 aliphatic rings. The molecule has 3 aliphatic carbocycles. The lowest BCUT2D eigenvalue weighted by Gasteiger charge is -2.37. The van der Waals surface area contributed by atoms with Gasteiger partial charge in [0.25, 0.3) is 0 Å². The number of hydrogen-bond acceptors (Lipinski definition) is 5. The summed E-state index contributed by atoms with van der Waals surface area (Å²) in [6.07, 6.45) is 7.34. The second-order valence-corrected chi connectivity index (χ2v) is 9.38. The molecule has 6 atom stereocenters. The Morgan fingerprint density at radius 2 is 1.96 bits per heavy atom. The van der Waals surface area contributed by atoms with Gasteiger partial charge >= 0.3 is 11.9 Å². The van der Waals surface area contributed by atoms with Crippen LogP contribution in [0.2, 0.25) is 0 Å². The van der Waals surface area contributed by atoms with Crippen LogP contribution >= 0.6 is 11.8 Å². The second-order valence-electron chi connectivity index (χ2n) is 7.89. The number of cyclic esters (lactones) is 1. The van der Waals surface area contributed by atoms with Crippen LogP contribution in [-0.2, 0) is 19.1 Å². The van der Waals surface area contributed by atoms with Gasteiger partial charge in [0.1, 0.15) is 6.10 Å². The van der Waals surface area contributed by atoms with E-state index < -0.39 is 0 Å². The fourth-order valence-electron chi connectivity index (χ4n) is 5.25. The van der Waals surface area contributed by atoms with Gasteiger partial charge in [-0.2, -0.15) is 11.8 Å². The van der Waals surface area contributed by atoms with Crippen LogP contribution in [0.4, 0.5) is 0 Å². The Morgan fingerprint density at radius 1 is 1.21 bits per heavy atom. The molecule has 0 N–H and O–H groups in total. The monoisotopic (exact) mass is 350 g/mol. The normalized spacial score (nSPS) is 41.1. The minimum Gasteiger partial charge on any atom is -0.465 e. The van der Waals surface area contributed by atoms with E-state index in [2.05, 4.69) is 6.58 Å². The van der Waals surface area contributed by atoms with E-state index in [1.807, 2.05) is 11.8 Å². The highest BCUT2D eigenvalue weighted by Crippen LogP contribution is 2.60. The Balaban J connectivity index is 1.54. The molecule has 4 rings (SSSR count). The molecular formula is C19H26O4S. The van der Waals surface area contributed by atoms with Crippen molar-refractivity contribution in [3.63, 3.8) is 0 Å². The van der Waals surface area contributed by atoms with Gasteiger partial charge in [-0.05, 0) is 32.1 Å². The fraction of sp³-hybridized carbons (Fsp3) is 0.789. The molecule has 0 amide bonds. The third-order valence-electron chi connectivity index (χ3n) is 6.37.